The molecule has 0 bridgehead atoms. The average molecular weight is 261 g/mol. The van der Waals surface area contributed by atoms with Crippen molar-refractivity contribution in [1.82, 2.24) is 9.55 Å². The van der Waals surface area contributed by atoms with E-state index in [4.69, 9.17) is 33.0 Å². The molecule has 0 spiro atoms. The van der Waals surface area contributed by atoms with Gasteiger partial charge in [0.1, 0.15) is 12.2 Å². The van der Waals surface area contributed by atoms with Crippen LogP contribution in [0.1, 0.15) is 0 Å². The monoisotopic (exact) mass is 260 g/mol. The number of benzene rings is 1. The summed E-state index contributed by atoms with van der Waals surface area (Å²) in [6.07, 6.45) is 1.63. The fourth-order valence-electron chi connectivity index (χ4n) is 1.40. The van der Waals surface area contributed by atoms with E-state index in [-0.39, 0.29) is 6.61 Å². The van der Waals surface area contributed by atoms with E-state index in [1.165, 1.54) is 0 Å². The van der Waals surface area contributed by atoms with E-state index in [1.807, 2.05) is 6.07 Å². The van der Waals surface area contributed by atoms with E-state index >= 15 is 0 Å². The molecule has 0 fully saturated rings. The van der Waals surface area contributed by atoms with Crippen LogP contribution in [0.4, 0.5) is 0 Å². The van der Waals surface area contributed by atoms with Crippen LogP contribution in [0.3, 0.4) is 0 Å². The minimum atomic E-state index is -0.000780. The zero-order valence-corrected chi connectivity index (χ0v) is 9.87. The Balaban J connectivity index is 2.31. The summed E-state index contributed by atoms with van der Waals surface area (Å²) in [5.74, 6) is 0. The van der Waals surface area contributed by atoms with Gasteiger partial charge in [-0.1, -0.05) is 23.2 Å². The maximum Gasteiger partial charge on any atom is 0.124 e. The summed E-state index contributed by atoms with van der Waals surface area (Å²) in [6, 6.07) is 3.55. The van der Waals surface area contributed by atoms with Gasteiger partial charge in [-0.3, -0.25) is 0 Å². The maximum atomic E-state index is 8.60. The van der Waals surface area contributed by atoms with Gasteiger partial charge < -0.3 is 14.4 Å². The Morgan fingerprint density at radius 2 is 2.19 bits per heavy atom. The number of aromatic nitrogens is 2. The Morgan fingerprint density at radius 3 is 2.94 bits per heavy atom. The molecule has 1 aromatic carbocycles. The Hall–Kier alpha value is -0.810. The first kappa shape index (κ1) is 11.7. The molecule has 0 amide bonds. The van der Waals surface area contributed by atoms with E-state index in [0.717, 1.165) is 5.52 Å². The highest BCUT2D eigenvalue weighted by Gasteiger charge is 2.08. The van der Waals surface area contributed by atoms with Crippen LogP contribution in [0.5, 0.6) is 0 Å². The van der Waals surface area contributed by atoms with Crippen LogP contribution in [0.25, 0.3) is 11.0 Å². The van der Waals surface area contributed by atoms with Crippen molar-refractivity contribution in [3.8, 4) is 0 Å². The molecule has 0 radical (unpaired) electrons. The van der Waals surface area contributed by atoms with E-state index in [9.17, 15) is 0 Å². The van der Waals surface area contributed by atoms with Gasteiger partial charge >= 0.3 is 0 Å². The number of aliphatic hydroxyl groups is 1. The first-order chi connectivity index (χ1) is 7.74. The Morgan fingerprint density at radius 1 is 1.38 bits per heavy atom. The minimum absolute atomic E-state index is 0.000780. The van der Waals surface area contributed by atoms with Crippen molar-refractivity contribution in [3.05, 3.63) is 28.5 Å². The molecule has 86 valence electrons. The first-order valence-corrected chi connectivity index (χ1v) is 5.47. The van der Waals surface area contributed by atoms with Gasteiger partial charge in [0.15, 0.2) is 0 Å². The molecular weight excluding hydrogens is 251 g/mol. The Bertz CT molecular complexity index is 499. The molecule has 16 heavy (non-hydrogen) atoms. The van der Waals surface area contributed by atoms with Crippen molar-refractivity contribution in [2.75, 3.05) is 13.2 Å². The molecule has 1 heterocycles. The zero-order valence-electron chi connectivity index (χ0n) is 8.36. The van der Waals surface area contributed by atoms with Gasteiger partial charge in [0.2, 0.25) is 0 Å². The lowest BCUT2D eigenvalue weighted by Crippen LogP contribution is -2.04. The predicted molar refractivity (Wildman–Crippen MR) is 62.8 cm³/mol. The van der Waals surface area contributed by atoms with Crippen LogP contribution in [-0.4, -0.2) is 27.9 Å². The summed E-state index contributed by atoms with van der Waals surface area (Å²) in [5, 5.41) is 9.53. The normalized spacial score (nSPS) is 11.2. The van der Waals surface area contributed by atoms with Gasteiger partial charge in [0, 0.05) is 0 Å². The summed E-state index contributed by atoms with van der Waals surface area (Å²) in [7, 11) is 0. The second kappa shape index (κ2) is 5.01. The van der Waals surface area contributed by atoms with Crippen LogP contribution in [0, 0.1) is 0 Å². The molecule has 0 aliphatic rings. The number of imidazole rings is 1. The molecule has 0 saturated heterocycles. The van der Waals surface area contributed by atoms with Crippen LogP contribution in [-0.2, 0) is 11.5 Å². The van der Waals surface area contributed by atoms with Gasteiger partial charge in [0.25, 0.3) is 0 Å². The Kier molecular flexibility index (Phi) is 3.66. The molecule has 4 nitrogen and oxygen atoms in total. The summed E-state index contributed by atoms with van der Waals surface area (Å²) in [6.45, 7) is 0.620. The number of hydrogen-bond acceptors (Lipinski definition) is 3. The number of ether oxygens (including phenoxy) is 1. The highest BCUT2D eigenvalue weighted by Crippen LogP contribution is 2.29. The number of fused-ring (bicyclic) bond motifs is 1. The molecular formula is C10H10Cl2N2O2. The van der Waals surface area contributed by atoms with Crippen LogP contribution >= 0.6 is 23.2 Å². The van der Waals surface area contributed by atoms with Crippen molar-refractivity contribution in [2.45, 2.75) is 6.73 Å². The van der Waals surface area contributed by atoms with Gasteiger partial charge in [0.05, 0.1) is 35.1 Å². The first-order valence-electron chi connectivity index (χ1n) is 4.71. The zero-order chi connectivity index (χ0) is 11.5. The molecule has 1 aromatic heterocycles. The fourth-order valence-corrected chi connectivity index (χ4v) is 1.77. The van der Waals surface area contributed by atoms with Crippen LogP contribution in [0.15, 0.2) is 18.5 Å². The lowest BCUT2D eigenvalue weighted by molar-refractivity contribution is 0.0501. The molecule has 0 aliphatic heterocycles. The molecule has 0 unspecified atom stereocenters. The predicted octanol–water partition coefficient (Wildman–Crippen LogP) is 2.31. The quantitative estimate of drug-likeness (QED) is 0.859. The second-order valence-corrected chi connectivity index (χ2v) is 3.99. The highest BCUT2D eigenvalue weighted by atomic mass is 35.5. The van der Waals surface area contributed by atoms with E-state index in [0.29, 0.717) is 28.9 Å². The standard InChI is InChI=1S/C10H10Cl2N2O2/c11-7-1-2-8-10(9(7)12)13-5-14(8)6-16-4-3-15/h1-2,5,15H,3-4,6H2. The minimum Gasteiger partial charge on any atom is -0.394 e. The van der Waals surface area contributed by atoms with Gasteiger partial charge in [-0.05, 0) is 12.1 Å². The number of hydrogen-bond donors (Lipinski definition) is 1. The van der Waals surface area contributed by atoms with Gasteiger partial charge in [-0.25, -0.2) is 4.98 Å². The summed E-state index contributed by atoms with van der Waals surface area (Å²) in [4.78, 5) is 4.16. The van der Waals surface area contributed by atoms with E-state index < -0.39 is 0 Å². The highest BCUT2D eigenvalue weighted by molar-refractivity contribution is 6.44. The van der Waals surface area contributed by atoms with Crippen molar-refractivity contribution in [2.24, 2.45) is 0 Å². The fraction of sp³-hybridized carbons (Fsp3) is 0.300. The summed E-state index contributed by atoms with van der Waals surface area (Å²) in [5.41, 5.74) is 1.51. The van der Waals surface area contributed by atoms with Gasteiger partial charge in [-0.15, -0.1) is 0 Å². The number of aliphatic hydroxyl groups excluding tert-OH is 1. The smallest absolute Gasteiger partial charge is 0.124 e. The van der Waals surface area contributed by atoms with Crippen molar-refractivity contribution >= 4 is 34.2 Å². The number of nitrogens with zero attached hydrogens (tertiary/aromatic N) is 2. The number of rotatable bonds is 4. The molecule has 2 rings (SSSR count). The van der Waals surface area contributed by atoms with E-state index in [2.05, 4.69) is 4.98 Å². The molecule has 2 aromatic rings. The van der Waals surface area contributed by atoms with Crippen molar-refractivity contribution < 1.29 is 9.84 Å². The largest absolute Gasteiger partial charge is 0.394 e. The van der Waals surface area contributed by atoms with Crippen LogP contribution in [0.2, 0.25) is 10.0 Å². The molecule has 0 saturated carbocycles. The summed E-state index contributed by atoms with van der Waals surface area (Å²) < 4.78 is 7.00. The lowest BCUT2D eigenvalue weighted by atomic mass is 10.3. The molecule has 0 atom stereocenters. The Labute approximate surface area is 102 Å². The van der Waals surface area contributed by atoms with E-state index in [1.54, 1.807) is 17.0 Å². The van der Waals surface area contributed by atoms with Gasteiger partial charge in [-0.2, -0.15) is 0 Å². The maximum absolute atomic E-state index is 8.60. The second-order valence-electron chi connectivity index (χ2n) is 3.20. The number of halogens is 2. The van der Waals surface area contributed by atoms with Crippen LogP contribution < -0.4 is 0 Å². The molecule has 1 N–H and O–H groups in total. The third-order valence-electron chi connectivity index (χ3n) is 2.15. The molecule has 0 aliphatic carbocycles. The topological polar surface area (TPSA) is 47.3 Å². The van der Waals surface area contributed by atoms with Crippen molar-refractivity contribution in [1.29, 1.82) is 0 Å². The third kappa shape index (κ3) is 2.15. The summed E-state index contributed by atoms with van der Waals surface area (Å²) >= 11 is 11.9. The SMILES string of the molecule is OCCOCn1cnc2c(Cl)c(Cl)ccc21. The average Bonchev–Trinajstić information content (AvgIpc) is 2.68. The van der Waals surface area contributed by atoms with Crippen molar-refractivity contribution in [3.63, 3.8) is 0 Å². The molecule has 6 heteroatoms. The lowest BCUT2D eigenvalue weighted by Gasteiger charge is -2.05. The third-order valence-corrected chi connectivity index (χ3v) is 2.94.